The van der Waals surface area contributed by atoms with Gasteiger partial charge in [-0.05, 0) is 43.4 Å². The SMILES string of the molecule is CC1CCCCC1OC(=O)c1ccc(F)cc1N. The maximum absolute atomic E-state index is 12.9. The molecule has 1 fully saturated rings. The minimum atomic E-state index is -0.453. The van der Waals surface area contributed by atoms with Gasteiger partial charge in [0, 0.05) is 5.69 Å². The summed E-state index contributed by atoms with van der Waals surface area (Å²) in [4.78, 5) is 12.0. The van der Waals surface area contributed by atoms with Crippen LogP contribution in [0, 0.1) is 11.7 Å². The van der Waals surface area contributed by atoms with Gasteiger partial charge >= 0.3 is 5.97 Å². The predicted octanol–water partition coefficient (Wildman–Crippen LogP) is 3.14. The van der Waals surface area contributed by atoms with Crippen LogP contribution in [-0.2, 0) is 4.74 Å². The Morgan fingerprint density at radius 2 is 2.11 bits per heavy atom. The number of halogens is 1. The number of esters is 1. The molecule has 1 aliphatic rings. The van der Waals surface area contributed by atoms with Gasteiger partial charge in [-0.25, -0.2) is 9.18 Å². The van der Waals surface area contributed by atoms with Crippen LogP contribution in [0.5, 0.6) is 0 Å². The number of carbonyl (C=O) groups is 1. The summed E-state index contributed by atoms with van der Waals surface area (Å²) < 4.78 is 18.4. The van der Waals surface area contributed by atoms with Crippen LogP contribution < -0.4 is 5.73 Å². The Balaban J connectivity index is 2.07. The van der Waals surface area contributed by atoms with Crippen molar-refractivity contribution in [3.05, 3.63) is 29.6 Å². The molecule has 0 aliphatic heterocycles. The quantitative estimate of drug-likeness (QED) is 0.649. The summed E-state index contributed by atoms with van der Waals surface area (Å²) >= 11 is 0. The van der Waals surface area contributed by atoms with Crippen molar-refractivity contribution in [3.63, 3.8) is 0 Å². The molecule has 1 aliphatic carbocycles. The number of rotatable bonds is 2. The van der Waals surface area contributed by atoms with Gasteiger partial charge in [-0.1, -0.05) is 13.3 Å². The maximum Gasteiger partial charge on any atom is 0.340 e. The summed E-state index contributed by atoms with van der Waals surface area (Å²) in [6.45, 7) is 2.09. The van der Waals surface area contributed by atoms with Gasteiger partial charge in [0.05, 0.1) is 5.56 Å². The fraction of sp³-hybridized carbons (Fsp3) is 0.500. The van der Waals surface area contributed by atoms with Gasteiger partial charge in [0.15, 0.2) is 0 Å². The summed E-state index contributed by atoms with van der Waals surface area (Å²) in [6.07, 6.45) is 4.20. The Labute approximate surface area is 106 Å². The first-order valence-corrected chi connectivity index (χ1v) is 6.34. The second kappa shape index (κ2) is 5.38. The minimum Gasteiger partial charge on any atom is -0.458 e. The fourth-order valence-electron chi connectivity index (χ4n) is 2.38. The molecule has 18 heavy (non-hydrogen) atoms. The van der Waals surface area contributed by atoms with Crippen LogP contribution >= 0.6 is 0 Å². The summed E-state index contributed by atoms with van der Waals surface area (Å²) in [7, 11) is 0. The molecule has 98 valence electrons. The first kappa shape index (κ1) is 12.9. The highest BCUT2D eigenvalue weighted by molar-refractivity contribution is 5.95. The average molecular weight is 251 g/mol. The second-order valence-corrected chi connectivity index (χ2v) is 4.94. The third-order valence-corrected chi connectivity index (χ3v) is 3.52. The van der Waals surface area contributed by atoms with Crippen molar-refractivity contribution in [3.8, 4) is 0 Å². The number of ether oxygens (including phenoxy) is 1. The monoisotopic (exact) mass is 251 g/mol. The lowest BCUT2D eigenvalue weighted by molar-refractivity contribution is 0.00493. The molecule has 0 saturated heterocycles. The molecule has 0 aromatic heterocycles. The van der Waals surface area contributed by atoms with Gasteiger partial charge < -0.3 is 10.5 Å². The Morgan fingerprint density at radius 3 is 2.78 bits per heavy atom. The molecule has 2 atom stereocenters. The van der Waals surface area contributed by atoms with Crippen LogP contribution in [0.15, 0.2) is 18.2 Å². The van der Waals surface area contributed by atoms with E-state index in [0.29, 0.717) is 5.92 Å². The first-order valence-electron chi connectivity index (χ1n) is 6.34. The predicted molar refractivity (Wildman–Crippen MR) is 67.6 cm³/mol. The molecule has 2 unspecified atom stereocenters. The second-order valence-electron chi connectivity index (χ2n) is 4.94. The van der Waals surface area contributed by atoms with E-state index in [4.69, 9.17) is 10.5 Å². The van der Waals surface area contributed by atoms with Gasteiger partial charge in [0.2, 0.25) is 0 Å². The zero-order chi connectivity index (χ0) is 13.1. The largest absolute Gasteiger partial charge is 0.458 e. The Hall–Kier alpha value is -1.58. The van der Waals surface area contributed by atoms with Crippen LogP contribution in [0.2, 0.25) is 0 Å². The summed E-state index contributed by atoms with van der Waals surface area (Å²) in [5, 5.41) is 0. The van der Waals surface area contributed by atoms with Crippen LogP contribution in [-0.4, -0.2) is 12.1 Å². The van der Waals surface area contributed by atoms with Crippen molar-refractivity contribution >= 4 is 11.7 Å². The van der Waals surface area contributed by atoms with E-state index in [-0.39, 0.29) is 17.4 Å². The lowest BCUT2D eigenvalue weighted by Gasteiger charge is -2.28. The molecular formula is C14H18FNO2. The highest BCUT2D eigenvalue weighted by Crippen LogP contribution is 2.27. The van der Waals surface area contributed by atoms with E-state index in [1.807, 2.05) is 0 Å². The number of anilines is 1. The van der Waals surface area contributed by atoms with Crippen molar-refractivity contribution in [2.75, 3.05) is 5.73 Å². The molecule has 3 nitrogen and oxygen atoms in total. The fourth-order valence-corrected chi connectivity index (χ4v) is 2.38. The third-order valence-electron chi connectivity index (χ3n) is 3.52. The number of hydrogen-bond acceptors (Lipinski definition) is 3. The average Bonchev–Trinajstić information content (AvgIpc) is 2.32. The molecule has 0 amide bonds. The van der Waals surface area contributed by atoms with Crippen LogP contribution in [0.3, 0.4) is 0 Å². The van der Waals surface area contributed by atoms with Gasteiger partial charge in [-0.2, -0.15) is 0 Å². The molecule has 2 rings (SSSR count). The van der Waals surface area contributed by atoms with Crippen LogP contribution in [0.1, 0.15) is 43.0 Å². The highest BCUT2D eigenvalue weighted by atomic mass is 19.1. The van der Waals surface area contributed by atoms with Gasteiger partial charge in [-0.15, -0.1) is 0 Å². The molecule has 1 aromatic rings. The lowest BCUT2D eigenvalue weighted by Crippen LogP contribution is -2.28. The summed E-state index contributed by atoms with van der Waals surface area (Å²) in [5.41, 5.74) is 5.99. The van der Waals surface area contributed by atoms with Crippen LogP contribution in [0.4, 0.5) is 10.1 Å². The van der Waals surface area contributed by atoms with E-state index in [1.165, 1.54) is 18.6 Å². The molecule has 1 saturated carbocycles. The number of benzene rings is 1. The topological polar surface area (TPSA) is 52.3 Å². The third kappa shape index (κ3) is 2.81. The molecule has 2 N–H and O–H groups in total. The van der Waals surface area contributed by atoms with E-state index in [9.17, 15) is 9.18 Å². The normalized spacial score (nSPS) is 23.7. The van der Waals surface area contributed by atoms with E-state index >= 15 is 0 Å². The standard InChI is InChI=1S/C14H18FNO2/c1-9-4-2-3-5-13(9)18-14(17)11-7-6-10(15)8-12(11)16/h6-9,13H,2-5,16H2,1H3. The molecule has 1 aromatic carbocycles. The van der Waals surface area contributed by atoms with Crippen molar-refractivity contribution in [1.82, 2.24) is 0 Å². The zero-order valence-corrected chi connectivity index (χ0v) is 10.5. The van der Waals surface area contributed by atoms with Gasteiger partial charge in [-0.3, -0.25) is 0 Å². The number of nitrogens with two attached hydrogens (primary N) is 1. The van der Waals surface area contributed by atoms with E-state index in [0.717, 1.165) is 25.3 Å². The summed E-state index contributed by atoms with van der Waals surface area (Å²) in [6, 6.07) is 3.73. The van der Waals surface area contributed by atoms with E-state index in [1.54, 1.807) is 0 Å². The minimum absolute atomic E-state index is 0.0456. The number of hydrogen-bond donors (Lipinski definition) is 1. The Bertz CT molecular complexity index is 447. The van der Waals surface area contributed by atoms with Gasteiger partial charge in [0.25, 0.3) is 0 Å². The van der Waals surface area contributed by atoms with Crippen molar-refractivity contribution in [2.24, 2.45) is 5.92 Å². The zero-order valence-electron chi connectivity index (χ0n) is 10.5. The summed E-state index contributed by atoms with van der Waals surface area (Å²) in [5.74, 6) is -0.522. The maximum atomic E-state index is 12.9. The Morgan fingerprint density at radius 1 is 1.39 bits per heavy atom. The van der Waals surface area contributed by atoms with Gasteiger partial charge in [0.1, 0.15) is 11.9 Å². The molecule has 0 radical (unpaired) electrons. The lowest BCUT2D eigenvalue weighted by atomic mass is 9.88. The first-order chi connectivity index (χ1) is 8.58. The smallest absolute Gasteiger partial charge is 0.340 e. The number of nitrogen functional groups attached to an aromatic ring is 1. The van der Waals surface area contributed by atoms with Crippen molar-refractivity contribution in [2.45, 2.75) is 38.7 Å². The molecular weight excluding hydrogens is 233 g/mol. The molecule has 0 spiro atoms. The van der Waals surface area contributed by atoms with E-state index < -0.39 is 11.8 Å². The highest BCUT2D eigenvalue weighted by Gasteiger charge is 2.25. The molecule has 4 heteroatoms. The van der Waals surface area contributed by atoms with Crippen molar-refractivity contribution in [1.29, 1.82) is 0 Å². The molecule has 0 heterocycles. The number of carbonyl (C=O) groups excluding carboxylic acids is 1. The van der Waals surface area contributed by atoms with E-state index in [2.05, 4.69) is 6.92 Å². The van der Waals surface area contributed by atoms with Crippen LogP contribution in [0.25, 0.3) is 0 Å². The molecule has 0 bridgehead atoms. The van der Waals surface area contributed by atoms with Crippen molar-refractivity contribution < 1.29 is 13.9 Å². The Kier molecular flexibility index (Phi) is 3.84.